The molecule has 0 saturated heterocycles. The predicted molar refractivity (Wildman–Crippen MR) is 66.4 cm³/mol. The van der Waals surface area contributed by atoms with Crippen molar-refractivity contribution < 1.29 is 4.74 Å². The maximum atomic E-state index is 5.48. The Kier molecular flexibility index (Phi) is 6.69. The van der Waals surface area contributed by atoms with Gasteiger partial charge in [0.25, 0.3) is 0 Å². The van der Waals surface area contributed by atoms with Gasteiger partial charge in [0.15, 0.2) is 0 Å². The van der Waals surface area contributed by atoms with E-state index in [2.05, 4.69) is 28.1 Å². The summed E-state index contributed by atoms with van der Waals surface area (Å²) in [6.07, 6.45) is 0. The van der Waals surface area contributed by atoms with Crippen LogP contribution in [0.4, 0.5) is 0 Å². The summed E-state index contributed by atoms with van der Waals surface area (Å²) >= 11 is 10.7. The van der Waals surface area contributed by atoms with Gasteiger partial charge in [0.05, 0.1) is 13.2 Å². The second kappa shape index (κ2) is 7.57. The summed E-state index contributed by atoms with van der Waals surface area (Å²) in [4.78, 5) is 1.26. The molecule has 14 heavy (non-hydrogen) atoms. The van der Waals surface area contributed by atoms with Gasteiger partial charge in [-0.05, 0) is 18.2 Å². The molecule has 1 aromatic carbocycles. The Morgan fingerprint density at radius 3 is 2.93 bits per heavy atom. The van der Waals surface area contributed by atoms with E-state index in [1.165, 1.54) is 4.90 Å². The third kappa shape index (κ3) is 5.25. The number of thioether (sulfide) groups is 1. The van der Waals surface area contributed by atoms with Gasteiger partial charge in [-0.3, -0.25) is 0 Å². The monoisotopic (exact) mass is 294 g/mol. The van der Waals surface area contributed by atoms with Crippen molar-refractivity contribution >= 4 is 39.3 Å². The Morgan fingerprint density at radius 2 is 2.21 bits per heavy atom. The first-order chi connectivity index (χ1) is 6.83. The first-order valence-corrected chi connectivity index (χ1v) is 6.66. The molecule has 1 rings (SSSR count). The Morgan fingerprint density at radius 1 is 1.36 bits per heavy atom. The Labute approximate surface area is 102 Å². The number of benzene rings is 1. The minimum Gasteiger partial charge on any atom is -0.379 e. The molecule has 0 saturated carbocycles. The van der Waals surface area contributed by atoms with Gasteiger partial charge in [-0.25, -0.2) is 0 Å². The van der Waals surface area contributed by atoms with Crippen LogP contribution in [0, 0.1) is 0 Å². The molecular weight excluding hydrogens is 284 g/mol. The summed E-state index contributed by atoms with van der Waals surface area (Å²) in [5.41, 5.74) is 0. The molecule has 0 atom stereocenters. The van der Waals surface area contributed by atoms with Crippen LogP contribution >= 0.6 is 39.3 Å². The van der Waals surface area contributed by atoms with Crippen LogP contribution in [0.3, 0.4) is 0 Å². The first kappa shape index (κ1) is 12.4. The molecule has 0 aliphatic carbocycles. The first-order valence-electron chi connectivity index (χ1n) is 4.35. The molecule has 0 aliphatic heterocycles. The molecule has 0 N–H and O–H groups in total. The van der Waals surface area contributed by atoms with Crippen LogP contribution in [0.15, 0.2) is 33.6 Å². The van der Waals surface area contributed by atoms with E-state index in [-0.39, 0.29) is 0 Å². The fraction of sp³-hybridized carbons (Fsp3) is 0.400. The number of ether oxygens (including phenoxy) is 1. The molecule has 4 heteroatoms. The molecule has 0 bridgehead atoms. The maximum absolute atomic E-state index is 5.48. The van der Waals surface area contributed by atoms with Crippen molar-refractivity contribution in [3.05, 3.63) is 28.7 Å². The van der Waals surface area contributed by atoms with Crippen LogP contribution in [0.2, 0.25) is 0 Å². The van der Waals surface area contributed by atoms with E-state index >= 15 is 0 Å². The van der Waals surface area contributed by atoms with Gasteiger partial charge in [0.1, 0.15) is 0 Å². The van der Waals surface area contributed by atoms with Crippen molar-refractivity contribution in [1.82, 2.24) is 0 Å². The zero-order valence-corrected chi connectivity index (χ0v) is 10.9. The van der Waals surface area contributed by atoms with E-state index in [1.807, 2.05) is 12.1 Å². The summed E-state index contributed by atoms with van der Waals surface area (Å²) in [5, 5.41) is 0. The Hall–Kier alpha value is 0.300. The zero-order valence-electron chi connectivity index (χ0n) is 7.71. The van der Waals surface area contributed by atoms with Gasteiger partial charge in [-0.1, -0.05) is 22.0 Å². The summed E-state index contributed by atoms with van der Waals surface area (Å²) in [6, 6.07) is 8.25. The van der Waals surface area contributed by atoms with Gasteiger partial charge in [-0.15, -0.1) is 23.4 Å². The van der Waals surface area contributed by atoms with Crippen molar-refractivity contribution in [2.24, 2.45) is 0 Å². The zero-order chi connectivity index (χ0) is 10.2. The molecule has 0 unspecified atom stereocenters. The standard InChI is InChI=1S/C10H12BrClOS/c11-9-2-1-3-10(8-9)14-7-6-13-5-4-12/h1-3,8H,4-7H2. The van der Waals surface area contributed by atoms with Crippen LogP contribution in [-0.2, 0) is 4.74 Å². The molecular formula is C10H12BrClOS. The van der Waals surface area contributed by atoms with Gasteiger partial charge in [-0.2, -0.15) is 0 Å². The van der Waals surface area contributed by atoms with Gasteiger partial charge in [0.2, 0.25) is 0 Å². The van der Waals surface area contributed by atoms with Gasteiger partial charge < -0.3 is 4.74 Å². The van der Waals surface area contributed by atoms with E-state index in [0.29, 0.717) is 12.5 Å². The lowest BCUT2D eigenvalue weighted by Crippen LogP contribution is -1.99. The number of rotatable bonds is 6. The normalized spacial score (nSPS) is 10.4. The lowest BCUT2D eigenvalue weighted by atomic mass is 10.4. The summed E-state index contributed by atoms with van der Waals surface area (Å²) in [6.45, 7) is 1.39. The number of hydrogen-bond acceptors (Lipinski definition) is 2. The van der Waals surface area contributed by atoms with Crippen molar-refractivity contribution in [2.45, 2.75) is 4.90 Å². The number of hydrogen-bond donors (Lipinski definition) is 0. The molecule has 0 aliphatic rings. The molecule has 1 nitrogen and oxygen atoms in total. The minimum absolute atomic E-state index is 0.571. The number of alkyl halides is 1. The summed E-state index contributed by atoms with van der Waals surface area (Å²) < 4.78 is 6.39. The highest BCUT2D eigenvalue weighted by Gasteiger charge is 1.94. The van der Waals surface area contributed by atoms with Crippen LogP contribution in [0.1, 0.15) is 0 Å². The highest BCUT2D eigenvalue weighted by Crippen LogP contribution is 2.21. The van der Waals surface area contributed by atoms with Crippen LogP contribution < -0.4 is 0 Å². The second-order valence-electron chi connectivity index (χ2n) is 2.61. The van der Waals surface area contributed by atoms with E-state index in [9.17, 15) is 0 Å². The fourth-order valence-corrected chi connectivity index (χ4v) is 2.41. The summed E-state index contributed by atoms with van der Waals surface area (Å²) in [7, 11) is 0. The number of halogens is 2. The lowest BCUT2D eigenvalue weighted by Gasteiger charge is -2.02. The van der Waals surface area contributed by atoms with Crippen LogP contribution in [0.5, 0.6) is 0 Å². The Balaban J connectivity index is 2.18. The highest BCUT2D eigenvalue weighted by atomic mass is 79.9. The third-order valence-corrected chi connectivity index (χ3v) is 3.12. The fourth-order valence-electron chi connectivity index (χ4n) is 0.932. The Bertz CT molecular complexity index is 270. The molecule has 0 heterocycles. The van der Waals surface area contributed by atoms with Gasteiger partial charge in [0, 0.05) is 21.0 Å². The smallest absolute Gasteiger partial charge is 0.0602 e. The van der Waals surface area contributed by atoms with Crippen LogP contribution in [0.25, 0.3) is 0 Å². The van der Waals surface area contributed by atoms with Crippen molar-refractivity contribution in [3.63, 3.8) is 0 Å². The average Bonchev–Trinajstić information content (AvgIpc) is 2.18. The summed E-state index contributed by atoms with van der Waals surface area (Å²) in [5.74, 6) is 1.54. The molecule has 1 aromatic rings. The van der Waals surface area contributed by atoms with Crippen LogP contribution in [-0.4, -0.2) is 24.8 Å². The van der Waals surface area contributed by atoms with E-state index < -0.39 is 0 Å². The quantitative estimate of drug-likeness (QED) is 0.448. The highest BCUT2D eigenvalue weighted by molar-refractivity contribution is 9.10. The average molecular weight is 296 g/mol. The SMILES string of the molecule is ClCCOCCSc1cccc(Br)c1. The van der Waals surface area contributed by atoms with Crippen molar-refractivity contribution in [3.8, 4) is 0 Å². The predicted octanol–water partition coefficient (Wildman–Crippen LogP) is 3.80. The third-order valence-electron chi connectivity index (χ3n) is 1.51. The van der Waals surface area contributed by atoms with E-state index in [1.54, 1.807) is 11.8 Å². The molecule has 0 spiro atoms. The van der Waals surface area contributed by atoms with Crippen molar-refractivity contribution in [2.75, 3.05) is 24.8 Å². The lowest BCUT2D eigenvalue weighted by molar-refractivity contribution is 0.166. The molecule has 0 aromatic heterocycles. The molecule has 0 fully saturated rings. The largest absolute Gasteiger partial charge is 0.379 e. The van der Waals surface area contributed by atoms with Crippen molar-refractivity contribution in [1.29, 1.82) is 0 Å². The van der Waals surface area contributed by atoms with E-state index in [4.69, 9.17) is 16.3 Å². The van der Waals surface area contributed by atoms with Gasteiger partial charge >= 0.3 is 0 Å². The molecule has 0 amide bonds. The molecule has 0 radical (unpaired) electrons. The topological polar surface area (TPSA) is 9.23 Å². The minimum atomic E-state index is 0.571. The van der Waals surface area contributed by atoms with E-state index in [0.717, 1.165) is 16.8 Å². The molecule has 78 valence electrons. The maximum Gasteiger partial charge on any atom is 0.0602 e. The second-order valence-corrected chi connectivity index (χ2v) is 5.07.